The summed E-state index contributed by atoms with van der Waals surface area (Å²) in [6.45, 7) is 0. The molecule has 1 heterocycles. The zero-order chi connectivity index (χ0) is 20.4. The minimum atomic E-state index is -1.31. The standard InChI is InChI=1S/C19H13NO6S2/c1-26-18(25)11-4-2-10(3-5-11)8-15-16(22)20(19(27)28-15)12-6-7-14(21)13(9-12)17(23)24/h2-9,21H,1H3,(H,23,24)/b15-8+. The second-order valence-corrected chi connectivity index (χ2v) is 7.31. The summed E-state index contributed by atoms with van der Waals surface area (Å²) in [5.41, 5.74) is 0.999. The number of anilines is 1. The predicted octanol–water partition coefficient (Wildman–Crippen LogP) is 3.28. The van der Waals surface area contributed by atoms with Crippen LogP contribution in [0.4, 0.5) is 5.69 Å². The number of carbonyl (C=O) groups is 3. The lowest BCUT2D eigenvalue weighted by Crippen LogP contribution is -2.27. The summed E-state index contributed by atoms with van der Waals surface area (Å²) in [5.74, 6) is -2.58. The number of ether oxygens (including phenoxy) is 1. The number of phenols is 1. The van der Waals surface area contributed by atoms with Crippen molar-refractivity contribution in [1.82, 2.24) is 0 Å². The first-order chi connectivity index (χ1) is 13.3. The van der Waals surface area contributed by atoms with Crippen LogP contribution in [0.2, 0.25) is 0 Å². The molecule has 0 atom stereocenters. The quantitative estimate of drug-likeness (QED) is 0.445. The largest absolute Gasteiger partial charge is 0.507 e. The van der Waals surface area contributed by atoms with Gasteiger partial charge >= 0.3 is 11.9 Å². The molecule has 3 rings (SSSR count). The average molecular weight is 415 g/mol. The molecule has 7 nitrogen and oxygen atoms in total. The van der Waals surface area contributed by atoms with Gasteiger partial charge in [-0.2, -0.15) is 0 Å². The molecule has 0 spiro atoms. The molecule has 9 heteroatoms. The minimum absolute atomic E-state index is 0.240. The number of esters is 1. The highest BCUT2D eigenvalue weighted by atomic mass is 32.2. The Morgan fingerprint density at radius 2 is 1.86 bits per heavy atom. The summed E-state index contributed by atoms with van der Waals surface area (Å²) in [5, 5.41) is 18.8. The van der Waals surface area contributed by atoms with E-state index in [-0.39, 0.29) is 15.6 Å². The predicted molar refractivity (Wildman–Crippen MR) is 108 cm³/mol. The van der Waals surface area contributed by atoms with E-state index in [4.69, 9.17) is 17.3 Å². The van der Waals surface area contributed by atoms with E-state index in [1.807, 2.05) is 0 Å². The molecule has 0 saturated carbocycles. The molecule has 0 unspecified atom stereocenters. The number of amides is 1. The fraction of sp³-hybridized carbons (Fsp3) is 0.0526. The molecule has 1 aliphatic rings. The number of benzene rings is 2. The Balaban J connectivity index is 1.89. The maximum Gasteiger partial charge on any atom is 0.339 e. The fourth-order valence-electron chi connectivity index (χ4n) is 2.51. The minimum Gasteiger partial charge on any atom is -0.507 e. The van der Waals surface area contributed by atoms with Gasteiger partial charge in [-0.05, 0) is 42.0 Å². The number of methoxy groups -OCH3 is 1. The van der Waals surface area contributed by atoms with Crippen LogP contribution in [0.5, 0.6) is 5.75 Å². The van der Waals surface area contributed by atoms with Gasteiger partial charge in [-0.3, -0.25) is 9.69 Å². The maximum absolute atomic E-state index is 12.8. The Morgan fingerprint density at radius 3 is 2.46 bits per heavy atom. The van der Waals surface area contributed by atoms with Gasteiger partial charge in [-0.25, -0.2) is 9.59 Å². The Morgan fingerprint density at radius 1 is 1.18 bits per heavy atom. The first-order valence-electron chi connectivity index (χ1n) is 7.84. The molecule has 142 valence electrons. The maximum atomic E-state index is 12.8. The van der Waals surface area contributed by atoms with Crippen molar-refractivity contribution in [3.63, 3.8) is 0 Å². The summed E-state index contributed by atoms with van der Waals surface area (Å²) in [6.07, 6.45) is 1.62. The Hall–Kier alpha value is -3.17. The molecule has 2 aromatic carbocycles. The van der Waals surface area contributed by atoms with Gasteiger partial charge in [0.2, 0.25) is 0 Å². The van der Waals surface area contributed by atoms with Crippen molar-refractivity contribution in [2.75, 3.05) is 12.0 Å². The van der Waals surface area contributed by atoms with E-state index in [1.165, 1.54) is 30.2 Å². The molecule has 0 radical (unpaired) electrons. The molecular weight excluding hydrogens is 402 g/mol. The van der Waals surface area contributed by atoms with Gasteiger partial charge in [0.05, 0.1) is 23.3 Å². The lowest BCUT2D eigenvalue weighted by Gasteiger charge is -2.15. The van der Waals surface area contributed by atoms with E-state index in [2.05, 4.69) is 4.74 Å². The summed E-state index contributed by atoms with van der Waals surface area (Å²) in [6, 6.07) is 10.3. The molecule has 1 aliphatic heterocycles. The van der Waals surface area contributed by atoms with Crippen LogP contribution >= 0.6 is 24.0 Å². The zero-order valence-electron chi connectivity index (χ0n) is 14.4. The number of rotatable bonds is 4. The zero-order valence-corrected chi connectivity index (χ0v) is 16.0. The van der Waals surface area contributed by atoms with Crippen LogP contribution in [0.25, 0.3) is 6.08 Å². The molecule has 28 heavy (non-hydrogen) atoms. The number of carbonyl (C=O) groups excluding carboxylic acids is 2. The third kappa shape index (κ3) is 3.75. The van der Waals surface area contributed by atoms with Gasteiger partial charge in [0.15, 0.2) is 4.32 Å². The van der Waals surface area contributed by atoms with Crippen molar-refractivity contribution in [3.8, 4) is 5.75 Å². The van der Waals surface area contributed by atoms with E-state index < -0.39 is 23.6 Å². The van der Waals surface area contributed by atoms with E-state index in [0.717, 1.165) is 11.8 Å². The molecule has 1 fully saturated rings. The van der Waals surface area contributed by atoms with Gasteiger partial charge in [-0.15, -0.1) is 0 Å². The first kappa shape index (κ1) is 19.6. The van der Waals surface area contributed by atoms with Crippen molar-refractivity contribution in [1.29, 1.82) is 0 Å². The van der Waals surface area contributed by atoms with Gasteiger partial charge < -0.3 is 14.9 Å². The molecule has 0 bridgehead atoms. The fourth-order valence-corrected chi connectivity index (χ4v) is 3.81. The van der Waals surface area contributed by atoms with Crippen molar-refractivity contribution >= 4 is 57.9 Å². The molecule has 1 saturated heterocycles. The number of thioether (sulfide) groups is 1. The number of thiocarbonyl (C=S) groups is 1. The molecule has 2 aromatic rings. The lowest BCUT2D eigenvalue weighted by atomic mass is 10.1. The van der Waals surface area contributed by atoms with Crippen molar-refractivity contribution < 1.29 is 29.3 Å². The Kier molecular flexibility index (Phi) is 5.48. The van der Waals surface area contributed by atoms with Gasteiger partial charge in [-0.1, -0.05) is 36.1 Å². The summed E-state index contributed by atoms with van der Waals surface area (Å²) in [4.78, 5) is 37.0. The normalized spacial score (nSPS) is 15.2. The highest BCUT2D eigenvalue weighted by molar-refractivity contribution is 8.27. The summed E-state index contributed by atoms with van der Waals surface area (Å²) < 4.78 is 4.88. The van der Waals surface area contributed by atoms with Crippen LogP contribution in [0.1, 0.15) is 26.3 Å². The summed E-state index contributed by atoms with van der Waals surface area (Å²) >= 11 is 6.33. The smallest absolute Gasteiger partial charge is 0.339 e. The number of aromatic hydroxyl groups is 1. The number of hydrogen-bond donors (Lipinski definition) is 2. The second kappa shape index (κ2) is 7.83. The number of carboxylic acids is 1. The Bertz CT molecular complexity index is 1030. The number of nitrogens with zero attached hydrogens (tertiary/aromatic N) is 1. The molecule has 1 amide bonds. The van der Waals surface area contributed by atoms with Crippen molar-refractivity contribution in [2.45, 2.75) is 0 Å². The van der Waals surface area contributed by atoms with E-state index in [1.54, 1.807) is 30.3 Å². The van der Waals surface area contributed by atoms with Crippen molar-refractivity contribution in [2.24, 2.45) is 0 Å². The first-order valence-corrected chi connectivity index (χ1v) is 9.07. The molecular formula is C19H13NO6S2. The molecule has 2 N–H and O–H groups in total. The second-order valence-electron chi connectivity index (χ2n) is 5.64. The number of aromatic carboxylic acids is 1. The van der Waals surface area contributed by atoms with Crippen LogP contribution in [0.3, 0.4) is 0 Å². The SMILES string of the molecule is COC(=O)c1ccc(/C=C2/SC(=S)N(c3ccc(O)c(C(=O)O)c3)C2=O)cc1. The molecule has 0 aliphatic carbocycles. The Labute approximate surface area is 169 Å². The van der Waals surface area contributed by atoms with Crippen LogP contribution in [0.15, 0.2) is 47.4 Å². The number of carboxylic acid groups (broad SMARTS) is 1. The lowest BCUT2D eigenvalue weighted by molar-refractivity contribution is -0.113. The van der Waals surface area contributed by atoms with E-state index >= 15 is 0 Å². The monoisotopic (exact) mass is 415 g/mol. The average Bonchev–Trinajstić information content (AvgIpc) is 2.95. The molecule has 0 aromatic heterocycles. The van der Waals surface area contributed by atoms with Gasteiger partial charge in [0.25, 0.3) is 5.91 Å². The number of hydrogen-bond acceptors (Lipinski definition) is 7. The van der Waals surface area contributed by atoms with Crippen LogP contribution in [0, 0.1) is 0 Å². The van der Waals surface area contributed by atoms with Crippen LogP contribution < -0.4 is 4.90 Å². The van der Waals surface area contributed by atoms with Gasteiger partial charge in [0.1, 0.15) is 11.3 Å². The summed E-state index contributed by atoms with van der Waals surface area (Å²) in [7, 11) is 1.29. The van der Waals surface area contributed by atoms with E-state index in [0.29, 0.717) is 16.0 Å². The highest BCUT2D eigenvalue weighted by Crippen LogP contribution is 2.37. The van der Waals surface area contributed by atoms with Gasteiger partial charge in [0, 0.05) is 0 Å². The topological polar surface area (TPSA) is 104 Å². The van der Waals surface area contributed by atoms with E-state index in [9.17, 15) is 19.5 Å². The van der Waals surface area contributed by atoms with Crippen molar-refractivity contribution in [3.05, 3.63) is 64.1 Å². The van der Waals surface area contributed by atoms with Crippen LogP contribution in [-0.2, 0) is 9.53 Å². The third-order valence-corrected chi connectivity index (χ3v) is 5.19. The third-order valence-electron chi connectivity index (χ3n) is 3.89. The van der Waals surface area contributed by atoms with Crippen LogP contribution in [-0.4, -0.2) is 39.5 Å². The highest BCUT2D eigenvalue weighted by Gasteiger charge is 2.34.